The van der Waals surface area contributed by atoms with Gasteiger partial charge in [0.1, 0.15) is 24.4 Å². The van der Waals surface area contributed by atoms with Crippen molar-refractivity contribution in [1.82, 2.24) is 0 Å². The van der Waals surface area contributed by atoms with Crippen molar-refractivity contribution in [3.8, 4) is 0 Å². The van der Waals surface area contributed by atoms with Crippen molar-refractivity contribution < 1.29 is 24.0 Å². The van der Waals surface area contributed by atoms with Crippen molar-refractivity contribution in [2.75, 3.05) is 13.2 Å². The van der Waals surface area contributed by atoms with E-state index in [0.29, 0.717) is 18.4 Å². The van der Waals surface area contributed by atoms with Crippen LogP contribution in [0.25, 0.3) is 0 Å². The maximum Gasteiger partial charge on any atom is 0.309 e. The van der Waals surface area contributed by atoms with Gasteiger partial charge in [0.2, 0.25) is 0 Å². The van der Waals surface area contributed by atoms with Crippen LogP contribution in [0.1, 0.15) is 39.5 Å². The average Bonchev–Trinajstić information content (AvgIpc) is 3.29. The van der Waals surface area contributed by atoms with Gasteiger partial charge in [-0.05, 0) is 37.5 Å². The Balaban J connectivity index is 1.64. The molecule has 4 fully saturated rings. The van der Waals surface area contributed by atoms with E-state index in [1.165, 1.54) is 0 Å². The topological polar surface area (TPSA) is 57.3 Å². The Morgan fingerprint density at radius 3 is 2.57 bits per heavy atom. The largest absolute Gasteiger partial charge is 0.462 e. The molecule has 0 amide bonds. The van der Waals surface area contributed by atoms with Gasteiger partial charge in [-0.1, -0.05) is 13.8 Å². The van der Waals surface area contributed by atoms with Gasteiger partial charge in [0, 0.05) is 5.92 Å². The van der Waals surface area contributed by atoms with E-state index in [9.17, 15) is 4.79 Å². The molecule has 0 radical (unpaired) electrons. The van der Waals surface area contributed by atoms with Gasteiger partial charge in [0.25, 0.3) is 0 Å². The van der Waals surface area contributed by atoms with E-state index in [2.05, 4.69) is 6.92 Å². The molecule has 5 nitrogen and oxygen atoms in total. The number of hydrogen-bond acceptors (Lipinski definition) is 5. The standard InChI is InChI=1S/C16H24O5/c1-9-3-4-12-10(2)15(17)19-8-16(12)11(9)5-6-13(20-21-16)14-7-18-14/h9-14H,3-8H2,1-2H3/t9-,10-,11+,12+,13-,14?,16-/m1/s1. The molecule has 4 aliphatic rings. The van der Waals surface area contributed by atoms with Crippen molar-refractivity contribution in [3.63, 3.8) is 0 Å². The summed E-state index contributed by atoms with van der Waals surface area (Å²) in [5.41, 5.74) is -0.450. The van der Waals surface area contributed by atoms with Gasteiger partial charge in [-0.3, -0.25) is 4.79 Å². The minimum Gasteiger partial charge on any atom is -0.462 e. The van der Waals surface area contributed by atoms with Crippen molar-refractivity contribution >= 4 is 5.97 Å². The second-order valence-corrected chi connectivity index (χ2v) is 7.29. The molecule has 0 bridgehead atoms. The molecule has 0 aromatic rings. The van der Waals surface area contributed by atoms with Crippen LogP contribution in [0.5, 0.6) is 0 Å². The molecular formula is C16H24O5. The summed E-state index contributed by atoms with van der Waals surface area (Å²) < 4.78 is 10.8. The Kier molecular flexibility index (Phi) is 3.28. The molecular weight excluding hydrogens is 272 g/mol. The lowest BCUT2D eigenvalue weighted by molar-refractivity contribution is -0.417. The Bertz CT molecular complexity index is 434. The Morgan fingerprint density at radius 1 is 1.05 bits per heavy atom. The van der Waals surface area contributed by atoms with E-state index in [4.69, 9.17) is 19.2 Å². The highest BCUT2D eigenvalue weighted by molar-refractivity contribution is 5.73. The average molecular weight is 296 g/mol. The maximum absolute atomic E-state index is 11.9. The lowest BCUT2D eigenvalue weighted by Gasteiger charge is -2.52. The number of rotatable bonds is 1. The third kappa shape index (κ3) is 2.13. The number of cyclic esters (lactones) is 1. The molecule has 21 heavy (non-hydrogen) atoms. The van der Waals surface area contributed by atoms with Crippen LogP contribution in [0.4, 0.5) is 0 Å². The number of esters is 1. The minimum absolute atomic E-state index is 0.0331. The summed E-state index contributed by atoms with van der Waals surface area (Å²) in [4.78, 5) is 23.7. The van der Waals surface area contributed by atoms with E-state index in [-0.39, 0.29) is 30.0 Å². The number of epoxide rings is 1. The second kappa shape index (κ2) is 4.93. The highest BCUT2D eigenvalue weighted by atomic mass is 17.2. The number of hydrogen-bond donors (Lipinski definition) is 0. The van der Waals surface area contributed by atoms with Crippen LogP contribution in [0.3, 0.4) is 0 Å². The lowest BCUT2D eigenvalue weighted by atomic mass is 9.59. The van der Waals surface area contributed by atoms with Crippen LogP contribution in [0.2, 0.25) is 0 Å². The molecule has 3 heterocycles. The minimum atomic E-state index is -0.450. The smallest absolute Gasteiger partial charge is 0.309 e. The summed E-state index contributed by atoms with van der Waals surface area (Å²) in [6.07, 6.45) is 4.43. The first-order valence-electron chi connectivity index (χ1n) is 8.24. The van der Waals surface area contributed by atoms with Gasteiger partial charge in [-0.15, -0.1) is 0 Å². The molecule has 1 aliphatic carbocycles. The van der Waals surface area contributed by atoms with Crippen LogP contribution < -0.4 is 0 Å². The summed E-state index contributed by atoms with van der Waals surface area (Å²) in [6, 6.07) is 0. The Morgan fingerprint density at radius 2 is 1.81 bits per heavy atom. The molecule has 1 saturated carbocycles. The Labute approximate surface area is 125 Å². The maximum atomic E-state index is 11.9. The molecule has 4 rings (SSSR count). The van der Waals surface area contributed by atoms with Crippen molar-refractivity contribution in [2.24, 2.45) is 23.7 Å². The molecule has 1 spiro atoms. The summed E-state index contributed by atoms with van der Waals surface area (Å²) in [7, 11) is 0. The summed E-state index contributed by atoms with van der Waals surface area (Å²) >= 11 is 0. The van der Waals surface area contributed by atoms with Crippen LogP contribution >= 0.6 is 0 Å². The zero-order valence-electron chi connectivity index (χ0n) is 12.7. The van der Waals surface area contributed by atoms with Gasteiger partial charge in [-0.25, -0.2) is 9.78 Å². The molecule has 0 aromatic heterocycles. The van der Waals surface area contributed by atoms with Crippen LogP contribution in [-0.2, 0) is 24.0 Å². The van der Waals surface area contributed by atoms with Crippen molar-refractivity contribution in [3.05, 3.63) is 0 Å². The fraction of sp³-hybridized carbons (Fsp3) is 0.938. The number of ether oxygens (including phenoxy) is 2. The first kappa shape index (κ1) is 14.0. The van der Waals surface area contributed by atoms with Gasteiger partial charge in [0.05, 0.1) is 12.5 Å². The molecule has 3 saturated heterocycles. The number of carbonyl (C=O) groups excluding carboxylic acids is 1. The van der Waals surface area contributed by atoms with E-state index in [1.807, 2.05) is 6.92 Å². The van der Waals surface area contributed by atoms with Gasteiger partial charge >= 0.3 is 5.97 Å². The molecule has 0 N–H and O–H groups in total. The zero-order chi connectivity index (χ0) is 14.6. The number of carbonyl (C=O) groups is 1. The highest BCUT2D eigenvalue weighted by Gasteiger charge is 2.60. The molecule has 0 aromatic carbocycles. The zero-order valence-corrected chi connectivity index (χ0v) is 12.7. The summed E-state index contributed by atoms with van der Waals surface area (Å²) in [6.45, 7) is 5.38. The molecule has 7 atom stereocenters. The normalized spacial score (nSPS) is 53.1. The Hall–Kier alpha value is -0.650. The monoisotopic (exact) mass is 296 g/mol. The molecule has 1 unspecified atom stereocenters. The van der Waals surface area contributed by atoms with Crippen molar-refractivity contribution in [2.45, 2.75) is 57.3 Å². The lowest BCUT2D eigenvalue weighted by Crippen LogP contribution is -2.61. The van der Waals surface area contributed by atoms with Crippen LogP contribution in [0.15, 0.2) is 0 Å². The first-order chi connectivity index (χ1) is 10.1. The summed E-state index contributed by atoms with van der Waals surface area (Å²) in [5.74, 6) is 0.988. The van der Waals surface area contributed by atoms with E-state index < -0.39 is 5.60 Å². The molecule has 3 aliphatic heterocycles. The first-order valence-corrected chi connectivity index (χ1v) is 8.24. The third-order valence-corrected chi connectivity index (χ3v) is 6.15. The highest BCUT2D eigenvalue weighted by Crippen LogP contribution is 2.53. The van der Waals surface area contributed by atoms with E-state index in [0.717, 1.165) is 32.3 Å². The van der Waals surface area contributed by atoms with E-state index >= 15 is 0 Å². The predicted octanol–water partition coefficient (Wildman–Crippen LogP) is 2.09. The van der Waals surface area contributed by atoms with Gasteiger partial charge < -0.3 is 9.47 Å². The fourth-order valence-electron chi connectivity index (χ4n) is 4.75. The SMILES string of the molecule is C[C@@H]1CC[C@H]2[C@@H](C)C(=O)OC[C@]23OO[C@@H](C2CO2)CC[C@@H]13. The second-order valence-electron chi connectivity index (χ2n) is 7.29. The van der Waals surface area contributed by atoms with Gasteiger partial charge in [-0.2, -0.15) is 0 Å². The third-order valence-electron chi connectivity index (χ3n) is 6.15. The van der Waals surface area contributed by atoms with Crippen LogP contribution in [-0.4, -0.2) is 37.0 Å². The predicted molar refractivity (Wildman–Crippen MR) is 73.2 cm³/mol. The van der Waals surface area contributed by atoms with Crippen molar-refractivity contribution in [1.29, 1.82) is 0 Å². The summed E-state index contributed by atoms with van der Waals surface area (Å²) in [5, 5.41) is 0. The fourth-order valence-corrected chi connectivity index (χ4v) is 4.75. The quantitative estimate of drug-likeness (QED) is 0.421. The van der Waals surface area contributed by atoms with Crippen LogP contribution in [0, 0.1) is 23.7 Å². The van der Waals surface area contributed by atoms with Gasteiger partial charge in [0.15, 0.2) is 0 Å². The molecule has 5 heteroatoms. The molecule has 118 valence electrons. The van der Waals surface area contributed by atoms with E-state index in [1.54, 1.807) is 0 Å².